The molecule has 0 unspecified atom stereocenters. The Morgan fingerprint density at radius 3 is 2.79 bits per heavy atom. The highest BCUT2D eigenvalue weighted by Crippen LogP contribution is 2.35. The summed E-state index contributed by atoms with van der Waals surface area (Å²) < 4.78 is 27.6. The Morgan fingerprint density at radius 1 is 1.26 bits per heavy atom. The number of ketones is 1. The summed E-state index contributed by atoms with van der Waals surface area (Å²) in [5.74, 6) is -0.000179. The molecular weight excluding hydrogens is 461 g/mol. The number of aromatic nitrogens is 2. The number of benzene rings is 2. The van der Waals surface area contributed by atoms with Gasteiger partial charge < -0.3 is 14.4 Å². The molecule has 9 heteroatoms. The molecule has 176 valence electrons. The highest BCUT2D eigenvalue weighted by atomic mass is 35.5. The number of rotatable bonds is 5. The number of nitrogens with zero attached hydrogens (tertiary/aromatic N) is 3. The number of carbonyl (C=O) groups is 2. The minimum absolute atomic E-state index is 0.0385. The van der Waals surface area contributed by atoms with E-state index >= 15 is 0 Å². The highest BCUT2D eigenvalue weighted by molar-refractivity contribution is 6.31. The lowest BCUT2D eigenvalue weighted by Crippen LogP contribution is -2.52. The Balaban J connectivity index is 1.24. The topological polar surface area (TPSA) is 73.7 Å². The summed E-state index contributed by atoms with van der Waals surface area (Å²) in [4.78, 5) is 26.1. The van der Waals surface area contributed by atoms with Crippen LogP contribution in [-0.2, 0) is 18.3 Å². The molecule has 1 saturated heterocycles. The molecule has 7 nitrogen and oxygen atoms in total. The van der Waals surface area contributed by atoms with Gasteiger partial charge in [-0.25, -0.2) is 4.39 Å². The summed E-state index contributed by atoms with van der Waals surface area (Å²) >= 11 is 6.22. The number of likely N-dealkylation sites (tertiary alicyclic amines) is 1. The zero-order chi connectivity index (χ0) is 24.0. The van der Waals surface area contributed by atoms with Gasteiger partial charge in [-0.05, 0) is 31.2 Å². The first-order chi connectivity index (χ1) is 16.3. The van der Waals surface area contributed by atoms with Gasteiger partial charge >= 0.3 is 0 Å². The van der Waals surface area contributed by atoms with Crippen molar-refractivity contribution in [3.05, 3.63) is 64.2 Å². The van der Waals surface area contributed by atoms with E-state index < -0.39 is 11.7 Å². The molecule has 3 aromatic rings. The maximum atomic E-state index is 14.5. The summed E-state index contributed by atoms with van der Waals surface area (Å²) in [6, 6.07) is 8.08. The molecule has 3 heterocycles. The van der Waals surface area contributed by atoms with Crippen molar-refractivity contribution in [1.82, 2.24) is 14.7 Å². The monoisotopic (exact) mass is 483 g/mol. The summed E-state index contributed by atoms with van der Waals surface area (Å²) in [6.07, 6.45) is 2.07. The molecule has 0 radical (unpaired) electrons. The zero-order valence-corrected chi connectivity index (χ0v) is 19.6. The predicted molar refractivity (Wildman–Crippen MR) is 124 cm³/mol. The Hall–Kier alpha value is -3.39. The summed E-state index contributed by atoms with van der Waals surface area (Å²) in [7, 11) is 1.86. The predicted octanol–water partition coefficient (Wildman–Crippen LogP) is 3.84. The van der Waals surface area contributed by atoms with Gasteiger partial charge in [0.25, 0.3) is 5.91 Å². The SMILES string of the molecule is Cc1nn(C)cc1-c1cc(Cl)ccc1OCC1CN(C(=O)c2cc3c(cc2F)OCC(=O)C3)C1. The molecule has 0 spiro atoms. The third-order valence-corrected chi connectivity index (χ3v) is 6.36. The normalized spacial score (nSPS) is 15.5. The number of halogens is 2. The van der Waals surface area contributed by atoms with E-state index in [0.717, 1.165) is 16.8 Å². The Labute approximate surface area is 201 Å². The van der Waals surface area contributed by atoms with Gasteiger partial charge in [-0.1, -0.05) is 11.6 Å². The molecule has 2 aliphatic rings. The fraction of sp³-hybridized carbons (Fsp3) is 0.320. The van der Waals surface area contributed by atoms with Crippen molar-refractivity contribution >= 4 is 23.3 Å². The molecule has 2 aromatic carbocycles. The van der Waals surface area contributed by atoms with Gasteiger partial charge in [0.15, 0.2) is 5.78 Å². The third-order valence-electron chi connectivity index (χ3n) is 6.12. The highest BCUT2D eigenvalue weighted by Gasteiger charge is 2.34. The lowest BCUT2D eigenvalue weighted by Gasteiger charge is -2.39. The quantitative estimate of drug-likeness (QED) is 0.551. The van der Waals surface area contributed by atoms with Gasteiger partial charge in [-0.3, -0.25) is 14.3 Å². The largest absolute Gasteiger partial charge is 0.493 e. The number of hydrogen-bond donors (Lipinski definition) is 0. The number of fused-ring (bicyclic) bond motifs is 1. The van der Waals surface area contributed by atoms with Crippen LogP contribution in [0.4, 0.5) is 4.39 Å². The first kappa shape index (κ1) is 22.4. The molecule has 0 atom stereocenters. The van der Waals surface area contributed by atoms with E-state index in [4.69, 9.17) is 21.1 Å². The number of hydrogen-bond acceptors (Lipinski definition) is 5. The Morgan fingerprint density at radius 2 is 2.06 bits per heavy atom. The number of aryl methyl sites for hydroxylation is 2. The van der Waals surface area contributed by atoms with E-state index in [1.54, 1.807) is 15.6 Å². The lowest BCUT2D eigenvalue weighted by molar-refractivity contribution is -0.121. The van der Waals surface area contributed by atoms with Crippen LogP contribution in [0.2, 0.25) is 5.02 Å². The molecule has 2 aliphatic heterocycles. The van der Waals surface area contributed by atoms with E-state index in [1.807, 2.05) is 32.3 Å². The minimum Gasteiger partial charge on any atom is -0.493 e. The fourth-order valence-electron chi connectivity index (χ4n) is 4.38. The van der Waals surface area contributed by atoms with E-state index in [2.05, 4.69) is 5.10 Å². The van der Waals surface area contributed by atoms with Crippen molar-refractivity contribution in [3.63, 3.8) is 0 Å². The Kier molecular flexibility index (Phi) is 5.77. The van der Waals surface area contributed by atoms with Gasteiger partial charge in [0.2, 0.25) is 0 Å². The van der Waals surface area contributed by atoms with Crippen LogP contribution in [-0.4, -0.2) is 52.7 Å². The van der Waals surface area contributed by atoms with Crippen LogP contribution in [0.15, 0.2) is 36.5 Å². The molecule has 5 rings (SSSR count). The molecule has 1 fully saturated rings. The third kappa shape index (κ3) is 4.25. The van der Waals surface area contributed by atoms with Crippen molar-refractivity contribution in [2.24, 2.45) is 13.0 Å². The lowest BCUT2D eigenvalue weighted by atomic mass is 9.97. The average Bonchev–Trinajstić information content (AvgIpc) is 3.10. The summed E-state index contributed by atoms with van der Waals surface area (Å²) in [5, 5.41) is 5.00. The van der Waals surface area contributed by atoms with Crippen molar-refractivity contribution in [1.29, 1.82) is 0 Å². The van der Waals surface area contributed by atoms with Crippen molar-refractivity contribution < 1.29 is 23.5 Å². The van der Waals surface area contributed by atoms with E-state index in [1.165, 1.54) is 12.1 Å². The molecule has 0 saturated carbocycles. The number of Topliss-reactive ketones (excluding diaryl/α,β-unsaturated/α-hetero) is 1. The van der Waals surface area contributed by atoms with Crippen LogP contribution in [0.1, 0.15) is 21.6 Å². The van der Waals surface area contributed by atoms with Crippen LogP contribution in [0, 0.1) is 18.7 Å². The van der Waals surface area contributed by atoms with Gasteiger partial charge in [-0.15, -0.1) is 0 Å². The van der Waals surface area contributed by atoms with E-state index in [9.17, 15) is 14.0 Å². The standard InChI is InChI=1S/C25H23ClFN3O4/c1-14-21(11-29(2)28-14)19-7-17(26)3-4-23(19)33-12-15-9-30(10-15)25(32)20-6-16-5-18(31)13-34-24(16)8-22(20)27/h3-4,6-8,11,15H,5,9-10,12-13H2,1-2H3. The molecule has 0 aliphatic carbocycles. The van der Waals surface area contributed by atoms with Crippen molar-refractivity contribution in [3.8, 4) is 22.6 Å². The van der Waals surface area contributed by atoms with Crippen LogP contribution in [0.25, 0.3) is 11.1 Å². The van der Waals surface area contributed by atoms with Crippen molar-refractivity contribution in [2.75, 3.05) is 26.3 Å². The zero-order valence-electron chi connectivity index (χ0n) is 18.8. The second-order valence-corrected chi connectivity index (χ2v) is 9.21. The molecule has 0 N–H and O–H groups in total. The summed E-state index contributed by atoms with van der Waals surface area (Å²) in [5.41, 5.74) is 3.18. The van der Waals surface area contributed by atoms with Gasteiger partial charge in [0, 0.05) is 66.5 Å². The van der Waals surface area contributed by atoms with Gasteiger partial charge in [-0.2, -0.15) is 5.10 Å². The number of ether oxygens (including phenoxy) is 2. The fourth-order valence-corrected chi connectivity index (χ4v) is 4.55. The van der Waals surface area contributed by atoms with Crippen LogP contribution >= 0.6 is 11.6 Å². The van der Waals surface area contributed by atoms with Crippen LogP contribution < -0.4 is 9.47 Å². The average molecular weight is 484 g/mol. The minimum atomic E-state index is -0.643. The second-order valence-electron chi connectivity index (χ2n) is 8.77. The number of carbonyl (C=O) groups excluding carboxylic acids is 2. The van der Waals surface area contributed by atoms with Gasteiger partial charge in [0.1, 0.15) is 23.9 Å². The summed E-state index contributed by atoms with van der Waals surface area (Å²) in [6.45, 7) is 3.19. The molecule has 1 aromatic heterocycles. The molecule has 34 heavy (non-hydrogen) atoms. The maximum Gasteiger partial charge on any atom is 0.256 e. The van der Waals surface area contributed by atoms with E-state index in [-0.39, 0.29) is 30.3 Å². The first-order valence-corrected chi connectivity index (χ1v) is 11.4. The maximum absolute atomic E-state index is 14.5. The van der Waals surface area contributed by atoms with Crippen LogP contribution in [0.3, 0.4) is 0 Å². The smallest absolute Gasteiger partial charge is 0.256 e. The second kappa shape index (κ2) is 8.76. The van der Waals surface area contributed by atoms with E-state index in [0.29, 0.717) is 41.8 Å². The molecule has 1 amide bonds. The van der Waals surface area contributed by atoms with Crippen molar-refractivity contribution in [2.45, 2.75) is 13.3 Å². The van der Waals surface area contributed by atoms with Gasteiger partial charge in [0.05, 0.1) is 17.9 Å². The first-order valence-electron chi connectivity index (χ1n) is 11.0. The Bertz CT molecular complexity index is 1300. The van der Waals surface area contributed by atoms with Crippen LogP contribution in [0.5, 0.6) is 11.5 Å². The number of amides is 1. The molecular formula is C25H23ClFN3O4. The molecule has 0 bridgehead atoms.